The summed E-state index contributed by atoms with van der Waals surface area (Å²) in [5.41, 5.74) is 18.4. The quantitative estimate of drug-likeness (QED) is 0.0607. The molecule has 1 N–H and O–H groups in total. The number of aliphatic hydroxyl groups is 1. The molecular weight excluding hydrogens is 2480 g/mol. The van der Waals surface area contributed by atoms with E-state index in [2.05, 4.69) is 128 Å². The Hall–Kier alpha value is -13.2. The predicted molar refractivity (Wildman–Crippen MR) is 455 cm³/mol. The van der Waals surface area contributed by atoms with Gasteiger partial charge in [-0.3, -0.25) is 44.7 Å². The molecule has 13 aromatic heterocycles. The molecule has 125 heavy (non-hydrogen) atoms. The van der Waals surface area contributed by atoms with Crippen molar-refractivity contribution in [2.45, 2.75) is 34.6 Å². The second-order valence-corrected chi connectivity index (χ2v) is 24.7. The van der Waals surface area contributed by atoms with Crippen LogP contribution in [0.4, 0.5) is 13.2 Å². The van der Waals surface area contributed by atoms with Crippen molar-refractivity contribution in [2.75, 3.05) is 0 Å². The topological polar surface area (TPSA) is 316 Å². The third-order valence-electron chi connectivity index (χ3n) is 15.7. The van der Waals surface area contributed by atoms with Crippen LogP contribution in [-0.2, 0) is 111 Å². The average molecular weight is 2550 g/mol. The number of ketones is 1. The van der Waals surface area contributed by atoms with Gasteiger partial charge in [0.15, 0.2) is 5.78 Å². The summed E-state index contributed by atoms with van der Waals surface area (Å²) in [5.74, 6) is -0.248. The Morgan fingerprint density at radius 2 is 0.760 bits per heavy atom. The summed E-state index contributed by atoms with van der Waals surface area (Å²) in [6.45, 7) is 16.6. The first-order valence-corrected chi connectivity index (χ1v) is 36.4. The first kappa shape index (κ1) is 104. The summed E-state index contributed by atoms with van der Waals surface area (Å²) in [6, 6.07) is 95.6. The summed E-state index contributed by atoms with van der Waals surface area (Å²) in [4.78, 5) is 69.2. The summed E-state index contributed by atoms with van der Waals surface area (Å²) in [5, 5.41) is 39.4. The minimum atomic E-state index is -0.649. The van der Waals surface area contributed by atoms with Crippen LogP contribution in [0, 0.1) is 68.3 Å². The molecule has 0 unspecified atom stereocenters. The number of aryl methyl sites for hydroxylation is 3. The first-order valence-electron chi connectivity index (χ1n) is 36.4. The molecule has 0 fully saturated rings. The Bertz CT molecular complexity index is 5990. The van der Waals surface area contributed by atoms with E-state index < -0.39 is 11.6 Å². The normalized spacial score (nSPS) is 9.66. The van der Waals surface area contributed by atoms with E-state index in [9.17, 15) is 18.0 Å². The molecular formula is C95H72F3Ir4N19O3Pt-10. The van der Waals surface area contributed by atoms with E-state index in [0.29, 0.717) is 17.3 Å². The largest absolute Gasteiger partial charge is 0.574 e. The van der Waals surface area contributed by atoms with Crippen LogP contribution in [0.2, 0.25) is 0 Å². The van der Waals surface area contributed by atoms with Crippen LogP contribution < -0.4 is 25.3 Å². The number of rotatable bonds is 9. The monoisotopic (exact) mass is 2550 g/mol. The summed E-state index contributed by atoms with van der Waals surface area (Å²) < 4.78 is 38.3. The van der Waals surface area contributed by atoms with E-state index >= 15 is 0 Å². The Morgan fingerprint density at radius 3 is 1.11 bits per heavy atom. The average Bonchev–Trinajstić information content (AvgIpc) is 1.67. The van der Waals surface area contributed by atoms with Gasteiger partial charge in [0.25, 0.3) is 0 Å². The van der Waals surface area contributed by atoms with Gasteiger partial charge < -0.3 is 87.2 Å². The van der Waals surface area contributed by atoms with E-state index in [1.54, 1.807) is 67.6 Å². The van der Waals surface area contributed by atoms with Crippen molar-refractivity contribution in [1.82, 2.24) is 90.4 Å². The Morgan fingerprint density at radius 1 is 0.392 bits per heavy atom. The van der Waals surface area contributed by atoms with Crippen LogP contribution in [0.1, 0.15) is 30.9 Å². The molecule has 0 spiro atoms. The zero-order valence-electron chi connectivity index (χ0n) is 66.9. The molecule has 4 radical (unpaired) electrons. The van der Waals surface area contributed by atoms with Gasteiger partial charge in [-0.2, -0.15) is 0 Å². The Balaban J connectivity index is 0.000000294. The number of pyridine rings is 8. The number of carbonyl (C=O) groups excluding carboxylic acids is 2. The molecule has 0 bridgehead atoms. The predicted octanol–water partition coefficient (Wildman–Crippen LogP) is 18.8. The fourth-order valence-corrected chi connectivity index (χ4v) is 10.4. The molecule has 19 aromatic rings. The number of benzene rings is 6. The van der Waals surface area contributed by atoms with Crippen molar-refractivity contribution in [3.8, 4) is 91.0 Å². The van der Waals surface area contributed by atoms with E-state index in [1.807, 2.05) is 245 Å². The molecule has 19 rings (SSSR count). The molecule has 13 heterocycles. The third kappa shape index (κ3) is 34.6. The number of aliphatic hydroxyl groups excluding tert-OH is 1. The van der Waals surface area contributed by atoms with Crippen molar-refractivity contribution in [2.24, 2.45) is 0 Å². The maximum atomic E-state index is 13.2. The van der Waals surface area contributed by atoms with Crippen LogP contribution >= 0.6 is 0 Å². The van der Waals surface area contributed by atoms with Crippen LogP contribution in [0.3, 0.4) is 0 Å². The molecule has 0 aliphatic rings. The number of carbonyl (C=O) groups is 1. The molecule has 0 saturated heterocycles. The molecule has 0 aliphatic heterocycles. The number of hydrogen-bond acceptors (Lipinski definition) is 17. The van der Waals surface area contributed by atoms with Crippen molar-refractivity contribution >= 4 is 45.5 Å². The fourth-order valence-electron chi connectivity index (χ4n) is 10.4. The van der Waals surface area contributed by atoms with Gasteiger partial charge in [-0.05, 0) is 164 Å². The van der Waals surface area contributed by atoms with Crippen molar-refractivity contribution < 1.29 is 129 Å². The van der Waals surface area contributed by atoms with Crippen LogP contribution in [0.5, 0.6) is 0 Å². The maximum Gasteiger partial charge on any atom is 0.155 e. The van der Waals surface area contributed by atoms with Crippen molar-refractivity contribution in [1.29, 1.82) is 5.26 Å². The van der Waals surface area contributed by atoms with Gasteiger partial charge in [0.05, 0.1) is 22.7 Å². The summed E-state index contributed by atoms with van der Waals surface area (Å²) in [7, 11) is 0. The van der Waals surface area contributed by atoms with E-state index in [-0.39, 0.29) is 124 Å². The smallest absolute Gasteiger partial charge is 0.155 e. The van der Waals surface area contributed by atoms with Crippen LogP contribution in [-0.4, -0.2) is 82.8 Å². The van der Waals surface area contributed by atoms with E-state index in [4.69, 9.17) is 21.7 Å². The molecule has 0 aliphatic carbocycles. The molecule has 642 valence electrons. The minimum absolute atomic E-state index is 0. The molecule has 6 aromatic carbocycles. The van der Waals surface area contributed by atoms with Crippen molar-refractivity contribution in [3.63, 3.8) is 0 Å². The molecule has 0 atom stereocenters. The van der Waals surface area contributed by atoms with E-state index in [0.717, 1.165) is 130 Å². The van der Waals surface area contributed by atoms with Gasteiger partial charge in [-0.15, -0.1) is 77.9 Å². The first-order chi connectivity index (χ1) is 58.6. The van der Waals surface area contributed by atoms with Gasteiger partial charge in [0, 0.05) is 208 Å². The molecule has 0 amide bonds. The Labute approximate surface area is 788 Å². The second-order valence-electron chi connectivity index (χ2n) is 24.7. The number of para-hydroxylation sites is 5. The second kappa shape index (κ2) is 57.2. The Kier molecular flexibility index (Phi) is 47.7. The summed E-state index contributed by atoms with van der Waals surface area (Å²) in [6.07, 6.45) is 13.2. The number of hydrogen-bond donors (Lipinski definition) is 1. The summed E-state index contributed by atoms with van der Waals surface area (Å²) >= 11 is 0. The maximum absolute atomic E-state index is 13.2. The van der Waals surface area contributed by atoms with Crippen LogP contribution in [0.15, 0.2) is 340 Å². The van der Waals surface area contributed by atoms with Crippen LogP contribution in [0.25, 0.3) is 124 Å². The van der Waals surface area contributed by atoms with Gasteiger partial charge in [0.2, 0.25) is 0 Å². The zero-order chi connectivity index (χ0) is 85.1. The van der Waals surface area contributed by atoms with Gasteiger partial charge in [0.1, 0.15) is 0 Å². The van der Waals surface area contributed by atoms with Gasteiger partial charge in [-0.25, -0.2) is 4.98 Å². The van der Waals surface area contributed by atoms with Gasteiger partial charge >= 0.3 is 0 Å². The third-order valence-corrected chi connectivity index (χ3v) is 15.7. The number of fused-ring (bicyclic) bond motifs is 3. The number of imidazole rings is 2. The number of allylic oxidation sites excluding steroid dienone is 2. The number of halogens is 3. The standard InChI is InChI=1S/C16H10N3.C12H8N3.C11H6F2N.C11H7FN.C11H8N.3C9H8N3.C5H8O2.CN.CHO.4Ir.Pt/c1-2-6-12-11(5-1)9-10-15(17-12)16-18-13-7-3-4-8-14(13)19-16;1-2-6-10-9(5-1)14-12(15-10)11-7-3-4-8-13-11;12-8-4-5-9(10(13)7-8)11-3-1-2-6-14-11;12-10-6-4-9(5-7-10)11-3-1-2-8-13-11;1-2-6-10(7-3-1)11-8-4-5-9-12-11;3*1-7-6-9(12-11-7)8-4-2-3-5-10-8;1-4(6)3-5(2)7;2*1-2;;;;;/h1-10H;1-8H;1-4,6-7H;1-4,6-8H;1-6,8-9H;3*2-6H,1H3;3,6H,1-2H3;;1H;;;;;/q8*-1;;2*-1;;;;;. The number of nitrogens with zero attached hydrogens (tertiary/aromatic N) is 19. The van der Waals surface area contributed by atoms with Crippen molar-refractivity contribution in [3.05, 3.63) is 400 Å². The molecule has 0 saturated carbocycles. The molecule has 22 nitrogen and oxygen atoms in total. The van der Waals surface area contributed by atoms with E-state index in [1.165, 1.54) is 32.1 Å². The van der Waals surface area contributed by atoms with Gasteiger partial charge in [-0.1, -0.05) is 180 Å². The number of aromatic nitrogens is 18. The molecule has 30 heteroatoms. The zero-order valence-corrected chi connectivity index (χ0v) is 78.7. The fraction of sp³-hybridized carbons (Fsp3) is 0.0526. The SMILES string of the molecule is CC(=O)C=C(C)O.Cc1cc(-c2ccccn2)[n-]n1.Cc1cc(-c2ccccn2)[n-]n1.Cc1cc(-c2ccccn2)[n-]n1.Fc1c[c-]c(-c2ccccn2)c(F)c1.Fc1c[c-]c(-c2ccccn2)cc1.[C-]#N.[CH-]=O.[Ir].[Ir].[Ir].[Ir].[Pt].[c-]1ccccc1-c1ccccn1.c1ccc(-c2nc3ccccc3[n-]2)nc1.c1ccc2nc(-c3nc4ccccc4[n-]3)ccc2c1. The minimum Gasteiger partial charge on any atom is -0.574 e.